The van der Waals surface area contributed by atoms with E-state index in [4.69, 9.17) is 16.3 Å². The van der Waals surface area contributed by atoms with Gasteiger partial charge >= 0.3 is 0 Å². The van der Waals surface area contributed by atoms with Gasteiger partial charge in [0.05, 0.1) is 5.02 Å². The highest BCUT2D eigenvalue weighted by atomic mass is 79.9. The van der Waals surface area contributed by atoms with E-state index in [1.54, 1.807) is 6.20 Å². The lowest BCUT2D eigenvalue weighted by Crippen LogP contribution is -2.16. The first kappa shape index (κ1) is 13.9. The molecule has 104 valence electrons. The van der Waals surface area contributed by atoms with Crippen LogP contribution in [0.2, 0.25) is 5.02 Å². The van der Waals surface area contributed by atoms with Crippen LogP contribution in [0.3, 0.4) is 0 Å². The van der Waals surface area contributed by atoms with Crippen LogP contribution in [0.4, 0.5) is 0 Å². The van der Waals surface area contributed by atoms with Crippen molar-refractivity contribution in [2.45, 2.75) is 25.4 Å². The first-order chi connectivity index (χ1) is 9.72. The normalized spacial score (nSPS) is 14.3. The largest absolute Gasteiger partial charge is 0.437 e. The number of nitrogens with zero attached hydrogens (tertiary/aromatic N) is 1. The van der Waals surface area contributed by atoms with Crippen LogP contribution in [0.1, 0.15) is 18.4 Å². The van der Waals surface area contributed by atoms with Crippen molar-refractivity contribution in [3.8, 4) is 11.6 Å². The minimum atomic E-state index is 0.561. The Hall–Kier alpha value is -1.10. The number of benzene rings is 1. The van der Waals surface area contributed by atoms with Crippen molar-refractivity contribution in [1.29, 1.82) is 0 Å². The Morgan fingerprint density at radius 3 is 2.95 bits per heavy atom. The summed E-state index contributed by atoms with van der Waals surface area (Å²) in [5.41, 5.74) is 1.04. The van der Waals surface area contributed by atoms with E-state index in [-0.39, 0.29) is 0 Å². The number of ether oxygens (including phenoxy) is 1. The van der Waals surface area contributed by atoms with Gasteiger partial charge in [-0.3, -0.25) is 0 Å². The Balaban J connectivity index is 1.78. The van der Waals surface area contributed by atoms with Gasteiger partial charge in [0.1, 0.15) is 5.75 Å². The van der Waals surface area contributed by atoms with Gasteiger partial charge in [-0.15, -0.1) is 0 Å². The van der Waals surface area contributed by atoms with Gasteiger partial charge in [0.25, 0.3) is 0 Å². The Labute approximate surface area is 131 Å². The summed E-state index contributed by atoms with van der Waals surface area (Å²) in [4.78, 5) is 4.30. The monoisotopic (exact) mass is 352 g/mol. The molecule has 0 spiro atoms. The number of hydrogen-bond acceptors (Lipinski definition) is 3. The fourth-order valence-corrected chi connectivity index (χ4v) is 2.57. The summed E-state index contributed by atoms with van der Waals surface area (Å²) in [5.74, 6) is 1.21. The molecule has 1 aliphatic carbocycles. The van der Waals surface area contributed by atoms with Crippen LogP contribution in [-0.4, -0.2) is 11.0 Å². The first-order valence-electron chi connectivity index (χ1n) is 6.52. The number of halogens is 2. The SMILES string of the molecule is Clc1cc(Br)ccc1Oc1ncccc1CNC1CC1. The summed E-state index contributed by atoms with van der Waals surface area (Å²) in [6, 6.07) is 10.1. The van der Waals surface area contributed by atoms with E-state index >= 15 is 0 Å². The zero-order chi connectivity index (χ0) is 13.9. The molecular formula is C15H14BrClN2O. The second-order valence-corrected chi connectivity index (χ2v) is 6.12. The van der Waals surface area contributed by atoms with Gasteiger partial charge in [0, 0.05) is 28.8 Å². The highest BCUT2D eigenvalue weighted by Gasteiger charge is 2.21. The average molecular weight is 354 g/mol. The highest BCUT2D eigenvalue weighted by Crippen LogP contribution is 2.32. The molecule has 1 fully saturated rings. The Bertz CT molecular complexity index is 617. The maximum atomic E-state index is 6.17. The lowest BCUT2D eigenvalue weighted by molar-refractivity contribution is 0.453. The summed E-state index contributed by atoms with van der Waals surface area (Å²) in [6.07, 6.45) is 4.24. The van der Waals surface area contributed by atoms with Crippen LogP contribution in [0.25, 0.3) is 0 Å². The Kier molecular flexibility index (Phi) is 4.24. The maximum Gasteiger partial charge on any atom is 0.223 e. The molecule has 1 aromatic carbocycles. The van der Waals surface area contributed by atoms with Gasteiger partial charge in [0.15, 0.2) is 0 Å². The minimum absolute atomic E-state index is 0.561. The van der Waals surface area contributed by atoms with Gasteiger partial charge in [0.2, 0.25) is 5.88 Å². The first-order valence-corrected chi connectivity index (χ1v) is 7.69. The third-order valence-electron chi connectivity index (χ3n) is 3.11. The standard InChI is InChI=1S/C15H14BrClN2O/c16-11-3-6-14(13(17)8-11)20-15-10(2-1-7-18-15)9-19-12-4-5-12/h1-3,6-8,12,19H,4-5,9H2. The summed E-state index contributed by atoms with van der Waals surface area (Å²) in [6.45, 7) is 0.766. The smallest absolute Gasteiger partial charge is 0.223 e. The number of pyridine rings is 1. The van der Waals surface area contributed by atoms with E-state index in [9.17, 15) is 0 Å². The molecule has 20 heavy (non-hydrogen) atoms. The Morgan fingerprint density at radius 1 is 1.35 bits per heavy atom. The van der Waals surface area contributed by atoms with E-state index in [0.29, 0.717) is 22.7 Å². The van der Waals surface area contributed by atoms with Gasteiger partial charge in [-0.2, -0.15) is 0 Å². The molecule has 0 aliphatic heterocycles. The maximum absolute atomic E-state index is 6.17. The van der Waals surface area contributed by atoms with Crippen LogP contribution < -0.4 is 10.1 Å². The second kappa shape index (κ2) is 6.12. The predicted octanol–water partition coefficient (Wildman–Crippen LogP) is 4.54. The van der Waals surface area contributed by atoms with Crippen molar-refractivity contribution in [3.05, 3.63) is 51.6 Å². The van der Waals surface area contributed by atoms with Crippen molar-refractivity contribution >= 4 is 27.5 Å². The van der Waals surface area contributed by atoms with Crippen molar-refractivity contribution < 1.29 is 4.74 Å². The van der Waals surface area contributed by atoms with Gasteiger partial charge < -0.3 is 10.1 Å². The third-order valence-corrected chi connectivity index (χ3v) is 3.90. The van der Waals surface area contributed by atoms with Crippen LogP contribution >= 0.6 is 27.5 Å². The van der Waals surface area contributed by atoms with Crippen molar-refractivity contribution in [3.63, 3.8) is 0 Å². The zero-order valence-corrected chi connectivity index (χ0v) is 13.1. The number of aromatic nitrogens is 1. The van der Waals surface area contributed by atoms with Crippen LogP contribution in [0.5, 0.6) is 11.6 Å². The molecule has 1 saturated carbocycles. The van der Waals surface area contributed by atoms with Crippen molar-refractivity contribution in [1.82, 2.24) is 10.3 Å². The number of nitrogens with one attached hydrogen (secondary N) is 1. The molecule has 1 N–H and O–H groups in total. The molecule has 0 radical (unpaired) electrons. The molecule has 2 aromatic rings. The lowest BCUT2D eigenvalue weighted by Gasteiger charge is -2.11. The average Bonchev–Trinajstić information content (AvgIpc) is 3.25. The summed E-state index contributed by atoms with van der Waals surface area (Å²) >= 11 is 9.55. The quantitative estimate of drug-likeness (QED) is 0.857. The molecule has 0 amide bonds. The topological polar surface area (TPSA) is 34.1 Å². The molecule has 1 aliphatic rings. The van der Waals surface area contributed by atoms with E-state index in [1.807, 2.05) is 30.3 Å². The fraction of sp³-hybridized carbons (Fsp3) is 0.267. The minimum Gasteiger partial charge on any atom is -0.437 e. The van der Waals surface area contributed by atoms with E-state index in [1.165, 1.54) is 12.8 Å². The summed E-state index contributed by atoms with van der Waals surface area (Å²) in [5, 5.41) is 4.02. The lowest BCUT2D eigenvalue weighted by atomic mass is 10.2. The molecule has 0 unspecified atom stereocenters. The Morgan fingerprint density at radius 2 is 2.20 bits per heavy atom. The molecule has 0 saturated heterocycles. The molecule has 5 heteroatoms. The molecule has 0 atom stereocenters. The zero-order valence-electron chi connectivity index (χ0n) is 10.8. The van der Waals surface area contributed by atoms with Crippen LogP contribution in [0.15, 0.2) is 41.0 Å². The number of hydrogen-bond donors (Lipinski definition) is 1. The summed E-state index contributed by atoms with van der Waals surface area (Å²) in [7, 11) is 0. The second-order valence-electron chi connectivity index (χ2n) is 4.80. The highest BCUT2D eigenvalue weighted by molar-refractivity contribution is 9.10. The van der Waals surface area contributed by atoms with Gasteiger partial charge in [-0.05, 0) is 37.1 Å². The fourth-order valence-electron chi connectivity index (χ4n) is 1.85. The van der Waals surface area contributed by atoms with Gasteiger partial charge in [-0.1, -0.05) is 33.6 Å². The molecule has 1 heterocycles. The summed E-state index contributed by atoms with van der Waals surface area (Å²) < 4.78 is 6.77. The van der Waals surface area contributed by atoms with Crippen molar-refractivity contribution in [2.75, 3.05) is 0 Å². The van der Waals surface area contributed by atoms with Crippen molar-refractivity contribution in [2.24, 2.45) is 0 Å². The third kappa shape index (κ3) is 3.51. The van der Waals surface area contributed by atoms with E-state index < -0.39 is 0 Å². The molecule has 1 aromatic heterocycles. The number of rotatable bonds is 5. The predicted molar refractivity (Wildman–Crippen MR) is 83.3 cm³/mol. The van der Waals surface area contributed by atoms with Crippen LogP contribution in [-0.2, 0) is 6.54 Å². The van der Waals surface area contributed by atoms with E-state index in [0.717, 1.165) is 16.6 Å². The van der Waals surface area contributed by atoms with Crippen LogP contribution in [0, 0.1) is 0 Å². The molecule has 0 bridgehead atoms. The van der Waals surface area contributed by atoms with E-state index in [2.05, 4.69) is 26.2 Å². The molecular weight excluding hydrogens is 340 g/mol. The molecule has 3 rings (SSSR count). The molecule has 3 nitrogen and oxygen atoms in total. The van der Waals surface area contributed by atoms with Gasteiger partial charge in [-0.25, -0.2) is 4.98 Å².